The summed E-state index contributed by atoms with van der Waals surface area (Å²) in [5.74, 6) is -0.370. The van der Waals surface area contributed by atoms with Gasteiger partial charge in [-0.1, -0.05) is 0 Å². The van der Waals surface area contributed by atoms with Crippen LogP contribution < -0.4 is 0 Å². The van der Waals surface area contributed by atoms with Gasteiger partial charge < -0.3 is 0 Å². The van der Waals surface area contributed by atoms with Crippen molar-refractivity contribution in [3.8, 4) is 0 Å². The van der Waals surface area contributed by atoms with E-state index in [1.807, 2.05) is 0 Å². The van der Waals surface area contributed by atoms with Gasteiger partial charge in [0.1, 0.15) is 0 Å². The summed E-state index contributed by atoms with van der Waals surface area (Å²) in [6.07, 6.45) is -0.701. The summed E-state index contributed by atoms with van der Waals surface area (Å²) < 4.78 is 4.07. The number of rotatable bonds is 4. The third-order valence-electron chi connectivity index (χ3n) is 1.33. The summed E-state index contributed by atoms with van der Waals surface area (Å²) in [6.45, 7) is 1.28. The number of carbonyl (C=O) groups excluding carboxylic acids is 1. The van der Waals surface area contributed by atoms with E-state index in [-0.39, 0.29) is 12.4 Å². The van der Waals surface area contributed by atoms with E-state index in [0.29, 0.717) is 0 Å². The predicted octanol–water partition coefficient (Wildman–Crippen LogP) is -1.21. The Kier molecular flexibility index (Phi) is 5.61. The summed E-state index contributed by atoms with van der Waals surface area (Å²) in [5.41, 5.74) is 0. The van der Waals surface area contributed by atoms with Gasteiger partial charge in [-0.05, 0) is 0 Å². The average molecular weight is 154 g/mol. The molecule has 2 atom stereocenters. The Hall–Kier alpha value is -0.0126. The number of hydrogen-bond acceptors (Lipinski definition) is 4. The van der Waals surface area contributed by atoms with Gasteiger partial charge in [0.05, 0.1) is 0 Å². The molecule has 11 heavy (non-hydrogen) atoms. The van der Waals surface area contributed by atoms with E-state index in [1.165, 1.54) is 17.7 Å². The molecule has 0 spiro atoms. The van der Waals surface area contributed by atoms with Gasteiger partial charge in [0.15, 0.2) is 0 Å². The fourth-order valence-corrected chi connectivity index (χ4v) is 0.518. The number of carbonyl (C=O) groups is 1. The molecule has 0 saturated carbocycles. The van der Waals surface area contributed by atoms with Crippen LogP contribution in [-0.4, -0.2) is 51.4 Å². The van der Waals surface area contributed by atoms with E-state index < -0.39 is 17.5 Å². The first-order valence-corrected chi connectivity index (χ1v) is 3.60. The maximum atomic E-state index is 10.6. The summed E-state index contributed by atoms with van der Waals surface area (Å²) in [6, 6.07) is 0. The van der Waals surface area contributed by atoms with Gasteiger partial charge >= 0.3 is 74.3 Å². The number of aliphatic hydroxyl groups is 2. The van der Waals surface area contributed by atoms with Gasteiger partial charge in [-0.3, -0.25) is 0 Å². The van der Waals surface area contributed by atoms with Gasteiger partial charge in [-0.25, -0.2) is 0 Å². The second kappa shape index (κ2) is 5.61. The second-order valence-electron chi connectivity index (χ2n) is 2.30. The Bertz CT molecular complexity index is 128. The van der Waals surface area contributed by atoms with Crippen molar-refractivity contribution < 1.29 is 19.7 Å². The molecule has 4 nitrogen and oxygen atoms in total. The molecule has 5 heteroatoms. The molecule has 0 aliphatic rings. The monoisotopic (exact) mass is 154 g/mol. The van der Waals surface area contributed by atoms with Crippen LogP contribution in [0, 0.1) is 0 Å². The first-order valence-electron chi connectivity index (χ1n) is 3.60. The molecule has 0 saturated heterocycles. The second-order valence-corrected chi connectivity index (χ2v) is 2.30. The number of hydrogen-bond donors (Lipinski definition) is 2. The summed E-state index contributed by atoms with van der Waals surface area (Å²) in [5, 5.41) is 17.4. The molecule has 0 amide bonds. The van der Waals surface area contributed by atoms with Crippen molar-refractivity contribution >= 4 is 23.7 Å². The molecule has 0 aliphatic heterocycles. The van der Waals surface area contributed by atoms with Gasteiger partial charge in [0, 0.05) is 0 Å². The predicted molar refractivity (Wildman–Crippen MR) is 39.0 cm³/mol. The van der Waals surface area contributed by atoms with Crippen LogP contribution in [0.5, 0.6) is 0 Å². The summed E-state index contributed by atoms with van der Waals surface area (Å²) in [4.78, 5) is 10.6. The molecule has 0 aromatic rings. The van der Waals surface area contributed by atoms with E-state index in [4.69, 9.17) is 14.9 Å². The Morgan fingerprint density at radius 3 is 2.64 bits per heavy atom. The molecule has 2 N–H and O–H groups in total. The van der Waals surface area contributed by atoms with E-state index in [1.54, 1.807) is 6.92 Å². The van der Waals surface area contributed by atoms with Gasteiger partial charge in [0.25, 0.3) is 0 Å². The van der Waals surface area contributed by atoms with Crippen LogP contribution >= 0.6 is 0 Å². The standard InChI is InChI=1S/C6H11O4.Li/c1-2-6(9)10-4-5(8)3-7;/h4-5,7-8H,2-3H2,1H3;. The van der Waals surface area contributed by atoms with Crippen molar-refractivity contribution in [1.29, 1.82) is 0 Å². The third-order valence-corrected chi connectivity index (χ3v) is 1.33. The zero-order chi connectivity index (χ0) is 8.85. The number of aliphatic hydroxyl groups excluding tert-OH is 2. The first kappa shape index (κ1) is 11.0. The van der Waals surface area contributed by atoms with E-state index >= 15 is 0 Å². The first-order chi connectivity index (χ1) is 5.11. The summed E-state index contributed by atoms with van der Waals surface area (Å²) >= 11 is 1.54. The molecule has 0 aromatic heterocycles. The Morgan fingerprint density at radius 1 is 1.73 bits per heavy atom. The molecule has 60 valence electrons. The maximum absolute atomic E-state index is 10.6. The molecule has 0 fully saturated rings. The molecular weight excluding hydrogens is 143 g/mol. The quantitative estimate of drug-likeness (QED) is 0.393. The van der Waals surface area contributed by atoms with Gasteiger partial charge in [-0.2, -0.15) is 0 Å². The Morgan fingerprint density at radius 2 is 2.27 bits per heavy atom. The zero-order valence-electron chi connectivity index (χ0n) is 6.78. The van der Waals surface area contributed by atoms with Crippen LogP contribution in [0.15, 0.2) is 0 Å². The molecule has 0 aromatic carbocycles. The Labute approximate surface area is 74.7 Å². The fourth-order valence-electron chi connectivity index (χ4n) is 0.518. The minimum absolute atomic E-state index is 0.280. The minimum atomic E-state index is -0.981. The molecule has 0 heterocycles. The van der Waals surface area contributed by atoms with Crippen LogP contribution in [-0.2, 0) is 9.53 Å². The van der Waals surface area contributed by atoms with E-state index in [9.17, 15) is 4.79 Å². The van der Waals surface area contributed by atoms with Crippen LogP contribution in [0.3, 0.4) is 0 Å². The van der Waals surface area contributed by atoms with Gasteiger partial charge in [-0.15, -0.1) is 0 Å². The van der Waals surface area contributed by atoms with Crippen molar-refractivity contribution in [2.24, 2.45) is 0 Å². The number of ether oxygens (including phenoxy) is 1. The zero-order valence-corrected chi connectivity index (χ0v) is 6.78. The average Bonchev–Trinajstić information content (AvgIpc) is 2.02. The molecule has 2 unspecified atom stereocenters. The Balaban J connectivity index is 3.67. The third kappa shape index (κ3) is 4.43. The molecule has 0 radical (unpaired) electrons. The summed E-state index contributed by atoms with van der Waals surface area (Å²) in [7, 11) is 0. The van der Waals surface area contributed by atoms with Crippen molar-refractivity contribution in [2.75, 3.05) is 6.61 Å². The van der Waals surface area contributed by atoms with Crippen LogP contribution in [0.4, 0.5) is 0 Å². The van der Waals surface area contributed by atoms with Crippen LogP contribution in [0.25, 0.3) is 0 Å². The van der Waals surface area contributed by atoms with Crippen molar-refractivity contribution in [2.45, 2.75) is 24.2 Å². The van der Waals surface area contributed by atoms with Crippen LogP contribution in [0.1, 0.15) is 13.3 Å². The topological polar surface area (TPSA) is 66.8 Å². The van der Waals surface area contributed by atoms with Gasteiger partial charge in [0.2, 0.25) is 0 Å². The fraction of sp³-hybridized carbons (Fsp3) is 0.833. The van der Waals surface area contributed by atoms with E-state index in [2.05, 4.69) is 0 Å². The molecule has 0 bridgehead atoms. The van der Waals surface area contributed by atoms with Crippen molar-refractivity contribution in [1.82, 2.24) is 0 Å². The van der Waals surface area contributed by atoms with Crippen LogP contribution in [0.2, 0.25) is 0 Å². The molecule has 0 aliphatic carbocycles. The normalized spacial score (nSPS) is 15.7. The molecule has 0 rings (SSSR count). The van der Waals surface area contributed by atoms with Crippen molar-refractivity contribution in [3.05, 3.63) is 0 Å². The molecular formula is C6H11LiO4. The SMILES string of the molecule is [Li][CH](OC(=O)CC)C(O)CO. The number of esters is 1. The van der Waals surface area contributed by atoms with E-state index in [0.717, 1.165) is 0 Å². The van der Waals surface area contributed by atoms with Crippen molar-refractivity contribution in [3.63, 3.8) is 0 Å².